The Morgan fingerprint density at radius 3 is 2.38 bits per heavy atom. The third kappa shape index (κ3) is 3.91. The number of ether oxygens (including phenoxy) is 2. The van der Waals surface area contributed by atoms with Crippen LogP contribution < -0.4 is 0 Å². The fraction of sp³-hybridized carbons (Fsp3) is 0.571. The maximum Gasteiger partial charge on any atom is 0.186 e. The molecule has 1 heterocycles. The normalized spacial score (nSPS) is 35.7. The van der Waals surface area contributed by atoms with Gasteiger partial charge in [0.1, 0.15) is 30.2 Å². The molecule has 1 fully saturated rings. The summed E-state index contributed by atoms with van der Waals surface area (Å²) in [4.78, 5) is 0. The van der Waals surface area contributed by atoms with Gasteiger partial charge in [-0.25, -0.2) is 0 Å². The van der Waals surface area contributed by atoms with E-state index in [0.717, 1.165) is 0 Å². The molecule has 2 rings (SSSR count). The van der Waals surface area contributed by atoms with Gasteiger partial charge in [0.25, 0.3) is 0 Å². The molecule has 0 aromatic heterocycles. The monoisotopic (exact) mass is 304 g/mol. The van der Waals surface area contributed by atoms with Crippen molar-refractivity contribution in [1.29, 1.82) is 0 Å². The summed E-state index contributed by atoms with van der Waals surface area (Å²) < 4.78 is 41.0. The predicted molar refractivity (Wildman–Crippen MR) is 71.5 cm³/mol. The van der Waals surface area contributed by atoms with Crippen molar-refractivity contribution in [1.82, 2.24) is 0 Å². The van der Waals surface area contributed by atoms with Crippen LogP contribution in [0.25, 0.3) is 0 Å². The summed E-state index contributed by atoms with van der Waals surface area (Å²) in [6.07, 6.45) is -7.19. The third-order valence-electron chi connectivity index (χ3n) is 3.15. The molecule has 1 aliphatic rings. The van der Waals surface area contributed by atoms with Crippen molar-refractivity contribution in [3.05, 3.63) is 29.7 Å². The molecule has 0 aliphatic carbocycles. The van der Waals surface area contributed by atoms with Crippen LogP contribution in [-0.4, -0.2) is 69.5 Å². The van der Waals surface area contributed by atoms with Crippen LogP contribution in [0.1, 0.15) is 11.0 Å². The minimum absolute atomic E-state index is 0.0115. The third-order valence-corrected chi connectivity index (χ3v) is 3.15. The van der Waals surface area contributed by atoms with Gasteiger partial charge in [0.15, 0.2) is 6.29 Å². The first-order chi connectivity index (χ1) is 11.7. The molecule has 0 bridgehead atoms. The van der Waals surface area contributed by atoms with Gasteiger partial charge in [-0.1, -0.05) is 12.1 Å². The second-order valence-corrected chi connectivity index (χ2v) is 4.65. The van der Waals surface area contributed by atoms with E-state index in [1.54, 1.807) is 0 Å². The Kier molecular flexibility index (Phi) is 3.88. The van der Waals surface area contributed by atoms with Crippen LogP contribution in [0, 0.1) is 0 Å². The highest BCUT2D eigenvalue weighted by Crippen LogP contribution is 2.22. The van der Waals surface area contributed by atoms with Gasteiger partial charge < -0.3 is 35.0 Å². The van der Waals surface area contributed by atoms with Crippen molar-refractivity contribution < 1.29 is 40.5 Å². The number of hydrogen-bond acceptors (Lipinski definition) is 7. The number of phenols is 1. The standard InChI is InChI=1S/C14H20O7/c15-7-10-11(17)12(18)13(19)14(21-10)20-6-5-8-1-3-9(16)4-2-8/h1-4,10-19H,5-7H2/t10-,11-,12+,13+,14-/m1/s1/i1D,2D,3D,4D. The van der Waals surface area contributed by atoms with Crippen molar-refractivity contribution in [3.63, 3.8) is 0 Å². The van der Waals surface area contributed by atoms with E-state index >= 15 is 0 Å². The van der Waals surface area contributed by atoms with E-state index in [0.29, 0.717) is 0 Å². The summed E-state index contributed by atoms with van der Waals surface area (Å²) >= 11 is 0. The lowest BCUT2D eigenvalue weighted by Gasteiger charge is -2.39. The topological polar surface area (TPSA) is 120 Å². The Morgan fingerprint density at radius 1 is 1.10 bits per heavy atom. The molecule has 1 aliphatic heterocycles. The van der Waals surface area contributed by atoms with Gasteiger partial charge in [-0.05, 0) is 24.1 Å². The van der Waals surface area contributed by atoms with Crippen LogP contribution in [0.3, 0.4) is 0 Å². The first-order valence-electron chi connectivity index (χ1n) is 8.41. The van der Waals surface area contributed by atoms with Gasteiger partial charge in [-0.15, -0.1) is 0 Å². The fourth-order valence-corrected chi connectivity index (χ4v) is 1.94. The summed E-state index contributed by atoms with van der Waals surface area (Å²) in [6.45, 7) is -0.787. The molecule has 118 valence electrons. The number of rotatable bonds is 5. The average Bonchev–Trinajstić information content (AvgIpc) is 2.61. The van der Waals surface area contributed by atoms with Gasteiger partial charge in [0, 0.05) is 0 Å². The molecule has 5 N–H and O–H groups in total. The predicted octanol–water partition coefficient (Wildman–Crippen LogP) is -1.25. The Labute approximate surface area is 127 Å². The van der Waals surface area contributed by atoms with Crippen LogP contribution in [0.5, 0.6) is 5.75 Å². The van der Waals surface area contributed by atoms with E-state index in [9.17, 15) is 20.4 Å². The van der Waals surface area contributed by atoms with Crippen LogP contribution >= 0.6 is 0 Å². The van der Waals surface area contributed by atoms with Crippen molar-refractivity contribution in [2.24, 2.45) is 0 Å². The SMILES string of the molecule is [2H]c1c([2H])c(CCO[C@@H]2O[C@H](CO)[C@@H](O)[C@H](O)[C@@H]2O)c([2H])c([2H])c1O. The van der Waals surface area contributed by atoms with E-state index in [-0.39, 0.29) is 18.6 Å². The van der Waals surface area contributed by atoms with E-state index < -0.39 is 67.2 Å². The molecule has 5 atom stereocenters. The Morgan fingerprint density at radius 2 is 1.76 bits per heavy atom. The zero-order valence-electron chi connectivity index (χ0n) is 15.1. The lowest BCUT2D eigenvalue weighted by molar-refractivity contribution is -0.300. The smallest absolute Gasteiger partial charge is 0.186 e. The number of aliphatic hydroxyl groups excluding tert-OH is 4. The van der Waals surface area contributed by atoms with Crippen molar-refractivity contribution in [3.8, 4) is 5.75 Å². The Hall–Kier alpha value is -1.22. The van der Waals surface area contributed by atoms with Crippen LogP contribution in [0.15, 0.2) is 24.2 Å². The van der Waals surface area contributed by atoms with Gasteiger partial charge in [-0.2, -0.15) is 0 Å². The van der Waals surface area contributed by atoms with Gasteiger partial charge in [0.2, 0.25) is 0 Å². The number of phenolic OH excluding ortho intramolecular Hbond substituents is 1. The van der Waals surface area contributed by atoms with Gasteiger partial charge >= 0.3 is 0 Å². The summed E-state index contributed by atoms with van der Waals surface area (Å²) in [5, 5.41) is 47.8. The zero-order valence-corrected chi connectivity index (χ0v) is 11.1. The number of aliphatic hydroxyl groups is 4. The first kappa shape index (κ1) is 11.4. The van der Waals surface area contributed by atoms with Crippen LogP contribution in [-0.2, 0) is 15.9 Å². The molecule has 1 aromatic carbocycles. The lowest BCUT2D eigenvalue weighted by Crippen LogP contribution is -2.59. The van der Waals surface area contributed by atoms with Crippen molar-refractivity contribution in [2.75, 3.05) is 13.2 Å². The van der Waals surface area contributed by atoms with Crippen molar-refractivity contribution >= 4 is 0 Å². The highest BCUT2D eigenvalue weighted by molar-refractivity contribution is 5.25. The summed E-state index contributed by atoms with van der Waals surface area (Å²) in [6, 6.07) is -1.94. The van der Waals surface area contributed by atoms with E-state index in [1.165, 1.54) is 0 Å². The number of hydrogen-bond donors (Lipinski definition) is 5. The lowest BCUT2D eigenvalue weighted by atomic mass is 9.99. The molecule has 7 nitrogen and oxygen atoms in total. The maximum absolute atomic E-state index is 9.84. The van der Waals surface area contributed by atoms with E-state index in [4.69, 9.17) is 20.1 Å². The number of benzene rings is 1. The highest BCUT2D eigenvalue weighted by Gasteiger charge is 2.43. The molecule has 1 aromatic rings. The van der Waals surface area contributed by atoms with Gasteiger partial charge in [0.05, 0.1) is 18.7 Å². The minimum Gasteiger partial charge on any atom is -0.508 e. The second kappa shape index (κ2) is 7.17. The molecule has 0 unspecified atom stereocenters. The average molecular weight is 304 g/mol. The molecule has 7 heteroatoms. The molecule has 0 amide bonds. The molecule has 0 spiro atoms. The van der Waals surface area contributed by atoms with Crippen LogP contribution in [0.2, 0.25) is 0 Å². The summed E-state index contributed by atoms with van der Waals surface area (Å²) in [5.74, 6) is -0.742. The molecule has 21 heavy (non-hydrogen) atoms. The highest BCUT2D eigenvalue weighted by atomic mass is 16.7. The fourth-order valence-electron chi connectivity index (χ4n) is 1.94. The van der Waals surface area contributed by atoms with Crippen LogP contribution in [0.4, 0.5) is 0 Å². The second-order valence-electron chi connectivity index (χ2n) is 4.65. The summed E-state index contributed by atoms with van der Waals surface area (Å²) in [7, 11) is 0. The van der Waals surface area contributed by atoms with E-state index in [1.807, 2.05) is 0 Å². The molecular weight excluding hydrogens is 280 g/mol. The molecule has 0 radical (unpaired) electrons. The number of aromatic hydroxyl groups is 1. The zero-order chi connectivity index (χ0) is 18.9. The minimum atomic E-state index is -1.58. The summed E-state index contributed by atoms with van der Waals surface area (Å²) in [5.41, 5.74) is 0.0115. The van der Waals surface area contributed by atoms with Gasteiger partial charge in [-0.3, -0.25) is 0 Å². The quantitative estimate of drug-likeness (QED) is 0.461. The molecule has 0 saturated carbocycles. The Bertz CT molecular complexity index is 599. The largest absolute Gasteiger partial charge is 0.508 e. The first-order valence-corrected chi connectivity index (χ1v) is 6.41. The Balaban J connectivity index is 2.06. The van der Waals surface area contributed by atoms with Crippen molar-refractivity contribution in [2.45, 2.75) is 37.1 Å². The maximum atomic E-state index is 9.84. The van der Waals surface area contributed by atoms with E-state index in [2.05, 4.69) is 0 Å². The molecule has 1 saturated heterocycles. The molecular formula is C14H20O7.